The van der Waals surface area contributed by atoms with Crippen LogP contribution in [0.1, 0.15) is 22.9 Å². The number of fused-ring (bicyclic) bond motifs is 1. The molecular weight excluding hydrogens is 404 g/mol. The van der Waals surface area contributed by atoms with E-state index in [9.17, 15) is 9.59 Å². The Morgan fingerprint density at radius 3 is 2.72 bits per heavy atom. The van der Waals surface area contributed by atoms with Crippen LogP contribution in [0.2, 0.25) is 0 Å². The zero-order chi connectivity index (χ0) is 21.0. The Bertz CT molecular complexity index is 1050. The number of carbonyl (C=O) groups excluding carboxylic acids is 2. The normalized spacial score (nSPS) is 10.9. The summed E-state index contributed by atoms with van der Waals surface area (Å²) in [4.78, 5) is 37.2. The Balaban J connectivity index is 1.59. The molecule has 2 heterocycles. The van der Waals surface area contributed by atoms with Gasteiger partial charge in [0.2, 0.25) is 11.8 Å². The number of thioether (sulfide) groups is 1. The van der Waals surface area contributed by atoms with Crippen molar-refractivity contribution in [3.63, 3.8) is 0 Å². The largest absolute Gasteiger partial charge is 0.336 e. The zero-order valence-electron chi connectivity index (χ0n) is 17.0. The summed E-state index contributed by atoms with van der Waals surface area (Å²) in [6.07, 6.45) is 2.36. The van der Waals surface area contributed by atoms with Crippen molar-refractivity contribution >= 4 is 50.8 Å². The van der Waals surface area contributed by atoms with Gasteiger partial charge in [-0.15, -0.1) is 11.3 Å². The molecule has 0 saturated carbocycles. The monoisotopic (exact) mass is 428 g/mol. The molecule has 1 N–H and O–H groups in total. The minimum absolute atomic E-state index is 0.00716. The lowest BCUT2D eigenvalue weighted by Crippen LogP contribution is -2.36. The summed E-state index contributed by atoms with van der Waals surface area (Å²) >= 11 is 3.02. The van der Waals surface area contributed by atoms with Crippen LogP contribution in [0.4, 0.5) is 5.69 Å². The number of aryl methyl sites for hydroxylation is 3. The van der Waals surface area contributed by atoms with Crippen LogP contribution in [0.3, 0.4) is 0 Å². The Morgan fingerprint density at radius 2 is 1.97 bits per heavy atom. The lowest BCUT2D eigenvalue weighted by Gasteiger charge is -2.17. The number of benzene rings is 1. The van der Waals surface area contributed by atoms with Gasteiger partial charge < -0.3 is 10.2 Å². The standard InChI is InChI=1S/C21H24N4O2S2/c1-5-15-8-6-7-9-16(15)24-17(26)10-25(4)18(27)11-28-20-19-13(2)14(3)29-21(19)23-12-22-20/h6-9,12H,5,10-11H2,1-4H3,(H,24,26). The maximum Gasteiger partial charge on any atom is 0.243 e. The molecule has 0 aliphatic carbocycles. The van der Waals surface area contributed by atoms with Gasteiger partial charge in [-0.25, -0.2) is 9.97 Å². The predicted octanol–water partition coefficient (Wildman–Crippen LogP) is 4.06. The first-order valence-corrected chi connectivity index (χ1v) is 11.2. The fraction of sp³-hybridized carbons (Fsp3) is 0.333. The molecule has 1 aromatic carbocycles. The molecule has 2 aromatic heterocycles. The molecule has 8 heteroatoms. The summed E-state index contributed by atoms with van der Waals surface area (Å²) in [5, 5.41) is 4.72. The maximum atomic E-state index is 12.5. The molecule has 3 rings (SSSR count). The van der Waals surface area contributed by atoms with Gasteiger partial charge in [0.25, 0.3) is 0 Å². The summed E-state index contributed by atoms with van der Waals surface area (Å²) in [7, 11) is 1.64. The van der Waals surface area contributed by atoms with E-state index < -0.39 is 0 Å². The van der Waals surface area contributed by atoms with E-state index in [-0.39, 0.29) is 24.1 Å². The van der Waals surface area contributed by atoms with Crippen LogP contribution in [-0.2, 0) is 16.0 Å². The van der Waals surface area contributed by atoms with Crippen LogP contribution in [0.5, 0.6) is 0 Å². The highest BCUT2D eigenvalue weighted by Gasteiger charge is 2.17. The van der Waals surface area contributed by atoms with E-state index >= 15 is 0 Å². The van der Waals surface area contributed by atoms with Gasteiger partial charge in [0.1, 0.15) is 16.2 Å². The molecule has 2 amide bonds. The van der Waals surface area contributed by atoms with E-state index in [1.54, 1.807) is 18.4 Å². The molecule has 0 fully saturated rings. The SMILES string of the molecule is CCc1ccccc1NC(=O)CN(C)C(=O)CSc1ncnc2sc(C)c(C)c12. The molecule has 0 unspecified atom stereocenters. The van der Waals surface area contributed by atoms with Crippen molar-refractivity contribution < 1.29 is 9.59 Å². The molecule has 3 aromatic rings. The predicted molar refractivity (Wildman–Crippen MR) is 120 cm³/mol. The number of hydrogen-bond acceptors (Lipinski definition) is 6. The quantitative estimate of drug-likeness (QED) is 0.454. The number of rotatable bonds is 7. The Morgan fingerprint density at radius 1 is 1.21 bits per heavy atom. The highest BCUT2D eigenvalue weighted by Crippen LogP contribution is 2.34. The Kier molecular flexibility index (Phi) is 6.87. The minimum atomic E-state index is -0.208. The molecule has 0 aliphatic rings. The number of para-hydroxylation sites is 1. The Hall–Kier alpha value is -2.45. The number of aromatic nitrogens is 2. The van der Waals surface area contributed by atoms with Crippen molar-refractivity contribution in [1.82, 2.24) is 14.9 Å². The molecule has 152 valence electrons. The lowest BCUT2D eigenvalue weighted by atomic mass is 10.1. The molecule has 0 radical (unpaired) electrons. The number of nitrogens with one attached hydrogen (secondary N) is 1. The third-order valence-electron chi connectivity index (χ3n) is 4.74. The van der Waals surface area contributed by atoms with E-state index in [0.717, 1.165) is 38.5 Å². The number of likely N-dealkylation sites (N-methyl/N-ethyl adjacent to an activating group) is 1. The van der Waals surface area contributed by atoms with Crippen molar-refractivity contribution in [2.75, 3.05) is 24.7 Å². The minimum Gasteiger partial charge on any atom is -0.336 e. The average molecular weight is 429 g/mol. The van der Waals surface area contributed by atoms with Gasteiger partial charge in [0.05, 0.1) is 12.3 Å². The van der Waals surface area contributed by atoms with Gasteiger partial charge in [-0.05, 0) is 37.5 Å². The highest BCUT2D eigenvalue weighted by atomic mass is 32.2. The summed E-state index contributed by atoms with van der Waals surface area (Å²) in [5.41, 5.74) is 3.02. The molecule has 0 atom stereocenters. The number of amides is 2. The van der Waals surface area contributed by atoms with E-state index in [1.165, 1.54) is 27.9 Å². The van der Waals surface area contributed by atoms with Crippen molar-refractivity contribution in [3.05, 3.63) is 46.6 Å². The lowest BCUT2D eigenvalue weighted by molar-refractivity contribution is -0.131. The second-order valence-corrected chi connectivity index (χ2v) is 8.91. The topological polar surface area (TPSA) is 75.2 Å². The first-order chi connectivity index (χ1) is 13.9. The molecule has 0 aliphatic heterocycles. The fourth-order valence-electron chi connectivity index (χ4n) is 2.94. The van der Waals surface area contributed by atoms with E-state index in [0.29, 0.717) is 0 Å². The highest BCUT2D eigenvalue weighted by molar-refractivity contribution is 8.00. The average Bonchev–Trinajstić information content (AvgIpc) is 3.00. The Labute approximate surface area is 178 Å². The van der Waals surface area contributed by atoms with Gasteiger partial charge in [-0.2, -0.15) is 0 Å². The van der Waals surface area contributed by atoms with Crippen molar-refractivity contribution in [3.8, 4) is 0 Å². The molecule has 0 saturated heterocycles. The number of anilines is 1. The smallest absolute Gasteiger partial charge is 0.243 e. The zero-order valence-corrected chi connectivity index (χ0v) is 18.6. The number of carbonyl (C=O) groups is 2. The van der Waals surface area contributed by atoms with E-state index in [4.69, 9.17) is 0 Å². The number of hydrogen-bond donors (Lipinski definition) is 1. The number of thiophene rings is 1. The van der Waals surface area contributed by atoms with Crippen LogP contribution >= 0.6 is 23.1 Å². The van der Waals surface area contributed by atoms with Gasteiger partial charge in [0.15, 0.2) is 0 Å². The summed E-state index contributed by atoms with van der Waals surface area (Å²) in [6.45, 7) is 6.16. The van der Waals surface area contributed by atoms with Crippen LogP contribution in [0, 0.1) is 13.8 Å². The second kappa shape index (κ2) is 9.37. The maximum absolute atomic E-state index is 12.5. The van der Waals surface area contributed by atoms with Crippen molar-refractivity contribution in [2.24, 2.45) is 0 Å². The fourth-order valence-corrected chi connectivity index (χ4v) is 5.00. The second-order valence-electron chi connectivity index (χ2n) is 6.74. The third kappa shape index (κ3) is 4.94. The van der Waals surface area contributed by atoms with Crippen LogP contribution in [-0.4, -0.2) is 46.0 Å². The first-order valence-electron chi connectivity index (χ1n) is 9.36. The summed E-state index contributed by atoms with van der Waals surface area (Å²) in [5.74, 6) is -0.110. The van der Waals surface area contributed by atoms with Crippen molar-refractivity contribution in [2.45, 2.75) is 32.2 Å². The van der Waals surface area contributed by atoms with E-state index in [1.807, 2.05) is 38.1 Å². The first kappa shape index (κ1) is 21.3. The third-order valence-corrected chi connectivity index (χ3v) is 6.83. The van der Waals surface area contributed by atoms with Crippen molar-refractivity contribution in [1.29, 1.82) is 0 Å². The molecular formula is C21H24N4O2S2. The molecule has 29 heavy (non-hydrogen) atoms. The van der Waals surface area contributed by atoms with Crippen LogP contribution < -0.4 is 5.32 Å². The molecule has 6 nitrogen and oxygen atoms in total. The van der Waals surface area contributed by atoms with Gasteiger partial charge in [-0.1, -0.05) is 36.9 Å². The van der Waals surface area contributed by atoms with Gasteiger partial charge >= 0.3 is 0 Å². The number of nitrogens with zero attached hydrogens (tertiary/aromatic N) is 3. The van der Waals surface area contributed by atoms with E-state index in [2.05, 4.69) is 22.2 Å². The van der Waals surface area contributed by atoms with Gasteiger partial charge in [0, 0.05) is 23.0 Å². The summed E-state index contributed by atoms with van der Waals surface area (Å²) in [6, 6.07) is 7.69. The molecule has 0 bridgehead atoms. The van der Waals surface area contributed by atoms with Gasteiger partial charge in [-0.3, -0.25) is 9.59 Å². The van der Waals surface area contributed by atoms with Crippen LogP contribution in [0.25, 0.3) is 10.2 Å². The van der Waals surface area contributed by atoms with Crippen LogP contribution in [0.15, 0.2) is 35.6 Å². The summed E-state index contributed by atoms with van der Waals surface area (Å²) < 4.78 is 0. The molecule has 0 spiro atoms.